The summed E-state index contributed by atoms with van der Waals surface area (Å²) >= 11 is 3.57. The lowest BCUT2D eigenvalue weighted by Crippen LogP contribution is -2.17. The van der Waals surface area contributed by atoms with E-state index in [0.717, 1.165) is 21.0 Å². The minimum Gasteiger partial charge on any atom is -0.456 e. The summed E-state index contributed by atoms with van der Waals surface area (Å²) in [6.07, 6.45) is 0. The Morgan fingerprint density at radius 1 is 1.19 bits per heavy atom. The van der Waals surface area contributed by atoms with Gasteiger partial charge in [-0.2, -0.15) is 0 Å². The molecule has 0 aliphatic heterocycles. The molecule has 1 unspecified atom stereocenters. The lowest BCUT2D eigenvalue weighted by atomic mass is 10.0. The average Bonchev–Trinajstić information content (AvgIpc) is 2.89. The van der Waals surface area contributed by atoms with Crippen molar-refractivity contribution in [3.05, 3.63) is 69.6 Å². The molecule has 3 rings (SSSR count). The molecule has 0 radical (unpaired) electrons. The standard InChI is InChI=1S/C17H15BrFNO/c1-10-6-7-13(18)12(8-10)16(20-2)15-9-11-4-3-5-14(19)17(11)21-15/h3-9,16,20H,1-2H3. The van der Waals surface area contributed by atoms with Crippen LogP contribution in [-0.2, 0) is 0 Å². The Morgan fingerprint density at radius 3 is 2.71 bits per heavy atom. The summed E-state index contributed by atoms with van der Waals surface area (Å²) in [5.41, 5.74) is 2.53. The van der Waals surface area contributed by atoms with E-state index in [4.69, 9.17) is 4.42 Å². The van der Waals surface area contributed by atoms with E-state index in [1.807, 2.05) is 38.2 Å². The van der Waals surface area contributed by atoms with Crippen molar-refractivity contribution in [3.63, 3.8) is 0 Å². The third-order valence-electron chi connectivity index (χ3n) is 3.55. The predicted molar refractivity (Wildman–Crippen MR) is 86.0 cm³/mol. The Morgan fingerprint density at radius 2 is 2.00 bits per heavy atom. The fourth-order valence-corrected chi connectivity index (χ4v) is 3.00. The lowest BCUT2D eigenvalue weighted by Gasteiger charge is -2.16. The van der Waals surface area contributed by atoms with Gasteiger partial charge in [-0.05, 0) is 37.7 Å². The summed E-state index contributed by atoms with van der Waals surface area (Å²) in [4.78, 5) is 0. The summed E-state index contributed by atoms with van der Waals surface area (Å²) in [7, 11) is 1.86. The zero-order chi connectivity index (χ0) is 15.0. The van der Waals surface area contributed by atoms with Gasteiger partial charge < -0.3 is 9.73 Å². The topological polar surface area (TPSA) is 25.2 Å². The third-order valence-corrected chi connectivity index (χ3v) is 4.27. The fraction of sp³-hybridized carbons (Fsp3) is 0.176. The Labute approximate surface area is 131 Å². The van der Waals surface area contributed by atoms with E-state index in [9.17, 15) is 4.39 Å². The number of hydrogen-bond donors (Lipinski definition) is 1. The van der Waals surface area contributed by atoms with Crippen molar-refractivity contribution in [1.29, 1.82) is 0 Å². The molecule has 21 heavy (non-hydrogen) atoms. The first kappa shape index (κ1) is 14.3. The van der Waals surface area contributed by atoms with Crippen LogP contribution in [0.25, 0.3) is 11.0 Å². The summed E-state index contributed by atoms with van der Waals surface area (Å²) in [5.74, 6) is 0.362. The maximum Gasteiger partial charge on any atom is 0.169 e. The molecule has 4 heteroatoms. The van der Waals surface area contributed by atoms with Crippen molar-refractivity contribution in [2.24, 2.45) is 0 Å². The number of nitrogens with one attached hydrogen (secondary N) is 1. The van der Waals surface area contributed by atoms with Crippen LogP contribution >= 0.6 is 15.9 Å². The number of rotatable bonds is 3. The van der Waals surface area contributed by atoms with Crippen molar-refractivity contribution in [2.75, 3.05) is 7.05 Å². The van der Waals surface area contributed by atoms with Gasteiger partial charge in [0.2, 0.25) is 0 Å². The highest BCUT2D eigenvalue weighted by Crippen LogP contribution is 2.33. The molecular weight excluding hydrogens is 333 g/mol. The first-order valence-corrected chi connectivity index (χ1v) is 7.50. The molecule has 1 heterocycles. The second-order valence-corrected chi connectivity index (χ2v) is 5.91. The van der Waals surface area contributed by atoms with Gasteiger partial charge in [0.05, 0.1) is 6.04 Å². The van der Waals surface area contributed by atoms with Gasteiger partial charge in [0, 0.05) is 9.86 Å². The highest BCUT2D eigenvalue weighted by Gasteiger charge is 2.20. The second-order valence-electron chi connectivity index (χ2n) is 5.05. The normalized spacial score (nSPS) is 12.8. The van der Waals surface area contributed by atoms with Gasteiger partial charge in [0.15, 0.2) is 11.4 Å². The quantitative estimate of drug-likeness (QED) is 0.724. The van der Waals surface area contributed by atoms with Crippen LogP contribution in [0.5, 0.6) is 0 Å². The van der Waals surface area contributed by atoms with Gasteiger partial charge >= 0.3 is 0 Å². The van der Waals surface area contributed by atoms with E-state index < -0.39 is 0 Å². The molecule has 0 saturated carbocycles. The Hall–Kier alpha value is -1.65. The number of furan rings is 1. The zero-order valence-electron chi connectivity index (χ0n) is 11.8. The van der Waals surface area contributed by atoms with Crippen LogP contribution < -0.4 is 5.32 Å². The molecule has 0 saturated heterocycles. The predicted octanol–water partition coefficient (Wildman–Crippen LogP) is 4.95. The van der Waals surface area contributed by atoms with E-state index in [1.165, 1.54) is 6.07 Å². The molecule has 2 aromatic carbocycles. The number of aryl methyl sites for hydroxylation is 1. The highest BCUT2D eigenvalue weighted by molar-refractivity contribution is 9.10. The molecule has 0 fully saturated rings. The van der Waals surface area contributed by atoms with Crippen molar-refractivity contribution < 1.29 is 8.81 Å². The summed E-state index contributed by atoms with van der Waals surface area (Å²) in [6, 6.07) is 12.8. The first-order chi connectivity index (χ1) is 10.1. The smallest absolute Gasteiger partial charge is 0.169 e. The van der Waals surface area contributed by atoms with Gasteiger partial charge in [-0.1, -0.05) is 45.8 Å². The van der Waals surface area contributed by atoms with Crippen molar-refractivity contribution in [1.82, 2.24) is 5.32 Å². The van der Waals surface area contributed by atoms with E-state index in [0.29, 0.717) is 11.3 Å². The van der Waals surface area contributed by atoms with Crippen molar-refractivity contribution in [3.8, 4) is 0 Å². The molecule has 0 aliphatic rings. The summed E-state index contributed by atoms with van der Waals surface area (Å²) in [5, 5.41) is 4.01. The molecule has 2 nitrogen and oxygen atoms in total. The lowest BCUT2D eigenvalue weighted by molar-refractivity contribution is 0.476. The van der Waals surface area contributed by atoms with Gasteiger partial charge in [-0.3, -0.25) is 0 Å². The molecule has 3 aromatic rings. The molecule has 1 atom stereocenters. The van der Waals surface area contributed by atoms with Crippen molar-refractivity contribution in [2.45, 2.75) is 13.0 Å². The minimum absolute atomic E-state index is 0.133. The van der Waals surface area contributed by atoms with Crippen LogP contribution in [0.4, 0.5) is 4.39 Å². The molecule has 108 valence electrons. The average molecular weight is 348 g/mol. The molecule has 0 spiro atoms. The molecule has 1 N–H and O–H groups in total. The molecule has 0 bridgehead atoms. The number of para-hydroxylation sites is 1. The fourth-order valence-electron chi connectivity index (χ4n) is 2.53. The molecule has 0 amide bonds. The largest absolute Gasteiger partial charge is 0.456 e. The Kier molecular flexibility index (Phi) is 3.83. The van der Waals surface area contributed by atoms with Gasteiger partial charge in [0.25, 0.3) is 0 Å². The van der Waals surface area contributed by atoms with Crippen LogP contribution in [0.2, 0.25) is 0 Å². The summed E-state index contributed by atoms with van der Waals surface area (Å²) in [6.45, 7) is 2.04. The highest BCUT2D eigenvalue weighted by atomic mass is 79.9. The van der Waals surface area contributed by atoms with Crippen LogP contribution in [-0.4, -0.2) is 7.05 Å². The maximum absolute atomic E-state index is 13.8. The Balaban J connectivity index is 2.13. The van der Waals surface area contributed by atoms with Crippen LogP contribution in [0, 0.1) is 12.7 Å². The molecule has 0 aliphatic carbocycles. The zero-order valence-corrected chi connectivity index (χ0v) is 13.4. The maximum atomic E-state index is 13.8. The van der Waals surface area contributed by atoms with Gasteiger partial charge in [-0.25, -0.2) is 4.39 Å². The van der Waals surface area contributed by atoms with E-state index in [2.05, 4.69) is 27.3 Å². The van der Waals surface area contributed by atoms with E-state index in [-0.39, 0.29) is 11.9 Å². The SMILES string of the molecule is CNC(c1cc2cccc(F)c2o1)c1cc(C)ccc1Br. The second kappa shape index (κ2) is 5.62. The summed E-state index contributed by atoms with van der Waals surface area (Å²) < 4.78 is 20.5. The molecule has 1 aromatic heterocycles. The third kappa shape index (κ3) is 2.61. The number of halogens is 2. The van der Waals surface area contributed by atoms with Gasteiger partial charge in [0.1, 0.15) is 5.76 Å². The van der Waals surface area contributed by atoms with Crippen LogP contribution in [0.1, 0.15) is 22.9 Å². The Bertz CT molecular complexity index is 797. The van der Waals surface area contributed by atoms with Gasteiger partial charge in [-0.15, -0.1) is 0 Å². The first-order valence-electron chi connectivity index (χ1n) is 6.71. The van der Waals surface area contributed by atoms with E-state index in [1.54, 1.807) is 6.07 Å². The van der Waals surface area contributed by atoms with E-state index >= 15 is 0 Å². The molecular formula is C17H15BrFNO. The number of benzene rings is 2. The monoisotopic (exact) mass is 347 g/mol. The minimum atomic E-state index is -0.336. The van der Waals surface area contributed by atoms with Crippen LogP contribution in [0.15, 0.2) is 51.4 Å². The number of fused-ring (bicyclic) bond motifs is 1. The van der Waals surface area contributed by atoms with Crippen molar-refractivity contribution >= 4 is 26.9 Å². The van der Waals surface area contributed by atoms with Crippen LogP contribution in [0.3, 0.4) is 0 Å². The number of hydrogen-bond acceptors (Lipinski definition) is 2.